The van der Waals surface area contributed by atoms with Crippen molar-refractivity contribution in [2.45, 2.75) is 12.5 Å². The summed E-state index contributed by atoms with van der Waals surface area (Å²) in [5.41, 5.74) is 9.07. The molecule has 2 bridgehead atoms. The van der Waals surface area contributed by atoms with E-state index in [-0.39, 0.29) is 11.6 Å². The molecule has 0 amide bonds. The molecule has 3 atom stereocenters. The number of H-pyrrole nitrogens is 1. The number of nitrogens with zero attached hydrogens (tertiary/aromatic N) is 5. The van der Waals surface area contributed by atoms with Gasteiger partial charge in [0.05, 0.1) is 15.9 Å². The number of hydrogen-bond donors (Lipinski definition) is 2. The van der Waals surface area contributed by atoms with Crippen LogP contribution in [-0.2, 0) is 14.1 Å². The van der Waals surface area contributed by atoms with Gasteiger partial charge in [0.15, 0.2) is 0 Å². The van der Waals surface area contributed by atoms with E-state index in [0.29, 0.717) is 33.8 Å². The lowest BCUT2D eigenvalue weighted by Crippen LogP contribution is -2.62. The van der Waals surface area contributed by atoms with E-state index in [4.69, 9.17) is 22.3 Å². The highest BCUT2D eigenvalue weighted by Gasteiger charge is 2.45. The first-order valence-corrected chi connectivity index (χ1v) is 10.5. The van der Waals surface area contributed by atoms with E-state index >= 15 is 0 Å². The van der Waals surface area contributed by atoms with Crippen LogP contribution in [0.15, 0.2) is 29.3 Å². The van der Waals surface area contributed by atoms with Gasteiger partial charge in [-0.3, -0.25) is 14.0 Å². The highest BCUT2D eigenvalue weighted by Crippen LogP contribution is 2.40. The Morgan fingerprint density at radius 1 is 1.20 bits per heavy atom. The van der Waals surface area contributed by atoms with Gasteiger partial charge in [0.1, 0.15) is 5.65 Å². The third-order valence-corrected chi connectivity index (χ3v) is 7.21. The smallest absolute Gasteiger partial charge is 0.264 e. The summed E-state index contributed by atoms with van der Waals surface area (Å²) in [5, 5.41) is 6.39. The van der Waals surface area contributed by atoms with Gasteiger partial charge in [-0.05, 0) is 24.3 Å². The van der Waals surface area contributed by atoms with E-state index in [1.165, 1.54) is 6.42 Å². The summed E-state index contributed by atoms with van der Waals surface area (Å²) in [4.78, 5) is 23.6. The average Bonchev–Trinajstić information content (AvgIpc) is 3.34. The van der Waals surface area contributed by atoms with Gasteiger partial charge in [0.2, 0.25) is 5.95 Å². The van der Waals surface area contributed by atoms with Crippen LogP contribution in [0.3, 0.4) is 0 Å². The number of fused-ring (bicyclic) bond motifs is 4. The fourth-order valence-corrected chi connectivity index (χ4v) is 5.43. The van der Waals surface area contributed by atoms with E-state index in [2.05, 4.69) is 15.0 Å². The number of hydrogen-bond acceptors (Lipinski definition) is 5. The van der Waals surface area contributed by atoms with Crippen LogP contribution >= 0.6 is 11.6 Å². The molecule has 1 saturated carbocycles. The Balaban J connectivity index is 1.49. The minimum atomic E-state index is -0.0860. The van der Waals surface area contributed by atoms with Crippen molar-refractivity contribution in [2.75, 3.05) is 18.0 Å². The molecule has 3 N–H and O–H groups in total. The average molecular weight is 424 g/mol. The Morgan fingerprint density at radius 2 is 1.97 bits per heavy atom. The Hall–Kier alpha value is -2.84. The van der Waals surface area contributed by atoms with Gasteiger partial charge in [-0.1, -0.05) is 17.7 Å². The summed E-state index contributed by atoms with van der Waals surface area (Å²) < 4.78 is 3.38. The number of benzene rings is 1. The number of aryl methyl sites for hydroxylation is 1. The monoisotopic (exact) mass is 423 g/mol. The number of aromatic nitrogens is 5. The van der Waals surface area contributed by atoms with Crippen molar-refractivity contribution >= 4 is 39.5 Å². The molecule has 7 rings (SSSR count). The maximum atomic E-state index is 13.4. The molecule has 1 unspecified atom stereocenters. The van der Waals surface area contributed by atoms with Crippen LogP contribution in [0.1, 0.15) is 6.42 Å². The van der Waals surface area contributed by atoms with Crippen molar-refractivity contribution in [3.63, 3.8) is 0 Å². The molecule has 3 aliphatic rings. The van der Waals surface area contributed by atoms with Crippen LogP contribution in [0, 0.1) is 11.8 Å². The maximum Gasteiger partial charge on any atom is 0.264 e. The highest BCUT2D eigenvalue weighted by atomic mass is 35.5. The minimum Gasteiger partial charge on any atom is -0.345 e. The SMILES string of the molecule is Cn1cc2c(Cl)c(-c3c[nH]c4nc(N5C[C@H]6C[C@@H](C5)C6N)n(C)c(=O)c34)ccc2n1. The standard InChI is InChI=1S/C21H22ClN7O/c1-27-9-14-15(26-27)4-3-12(17(14)22)13-6-24-19-16(13)20(30)28(2)21(25-19)29-7-10-5-11(8-29)18(10)23/h3-4,6,9-11,18,24H,5,7-8,23H2,1-2H3/t10-,11+,18?. The molecule has 3 aromatic heterocycles. The fraction of sp³-hybridized carbons (Fsp3) is 0.381. The van der Waals surface area contributed by atoms with Gasteiger partial charge in [-0.2, -0.15) is 10.1 Å². The molecule has 4 aromatic rings. The third kappa shape index (κ3) is 2.34. The number of halogens is 1. The second-order valence-electron chi connectivity index (χ2n) is 8.60. The molecule has 3 fully saturated rings. The molecule has 154 valence electrons. The molecule has 2 aliphatic heterocycles. The molecule has 30 heavy (non-hydrogen) atoms. The molecule has 2 saturated heterocycles. The van der Waals surface area contributed by atoms with Crippen molar-refractivity contribution < 1.29 is 0 Å². The molecular formula is C21H22ClN7O. The quantitative estimate of drug-likeness (QED) is 0.515. The Morgan fingerprint density at radius 3 is 2.70 bits per heavy atom. The van der Waals surface area contributed by atoms with Crippen LogP contribution < -0.4 is 16.2 Å². The summed E-state index contributed by atoms with van der Waals surface area (Å²) >= 11 is 6.71. The second kappa shape index (κ2) is 6.09. The van der Waals surface area contributed by atoms with Crippen LogP contribution in [0.5, 0.6) is 0 Å². The van der Waals surface area contributed by atoms with Crippen molar-refractivity contribution in [2.24, 2.45) is 31.7 Å². The van der Waals surface area contributed by atoms with Gasteiger partial charge in [0.25, 0.3) is 5.56 Å². The Bertz CT molecular complexity index is 1370. The van der Waals surface area contributed by atoms with Gasteiger partial charge in [0, 0.05) is 62.1 Å². The van der Waals surface area contributed by atoms with Gasteiger partial charge < -0.3 is 15.6 Å². The zero-order valence-electron chi connectivity index (χ0n) is 16.8. The van der Waals surface area contributed by atoms with Gasteiger partial charge >= 0.3 is 0 Å². The van der Waals surface area contributed by atoms with Crippen LogP contribution in [0.25, 0.3) is 33.1 Å². The summed E-state index contributed by atoms with van der Waals surface area (Å²) in [6.45, 7) is 1.70. The number of anilines is 1. The number of piperidine rings is 2. The van der Waals surface area contributed by atoms with Crippen molar-refractivity contribution in [1.29, 1.82) is 0 Å². The second-order valence-corrected chi connectivity index (χ2v) is 8.98. The van der Waals surface area contributed by atoms with E-state index < -0.39 is 0 Å². The zero-order chi connectivity index (χ0) is 20.7. The topological polar surface area (TPSA) is 97.8 Å². The molecule has 0 spiro atoms. The molecular weight excluding hydrogens is 402 g/mol. The van der Waals surface area contributed by atoms with Gasteiger partial charge in [-0.15, -0.1) is 0 Å². The van der Waals surface area contributed by atoms with Crippen LogP contribution in [-0.4, -0.2) is 43.4 Å². The zero-order valence-corrected chi connectivity index (χ0v) is 17.5. The molecule has 5 heterocycles. The minimum absolute atomic E-state index is 0.0860. The van der Waals surface area contributed by atoms with E-state index in [9.17, 15) is 4.79 Å². The molecule has 1 aromatic carbocycles. The van der Waals surface area contributed by atoms with Gasteiger partial charge in [-0.25, -0.2) is 0 Å². The Kier molecular flexibility index (Phi) is 3.65. The normalized spacial score (nSPS) is 23.3. The summed E-state index contributed by atoms with van der Waals surface area (Å²) in [6, 6.07) is 4.11. The van der Waals surface area contributed by atoms with Crippen molar-refractivity contribution in [3.05, 3.63) is 39.9 Å². The number of nitrogens with one attached hydrogen (secondary N) is 1. The maximum absolute atomic E-state index is 13.4. The first-order valence-electron chi connectivity index (χ1n) is 10.1. The number of aromatic amines is 1. The first kappa shape index (κ1) is 18.0. The lowest BCUT2D eigenvalue weighted by Gasteiger charge is -2.52. The first-order chi connectivity index (χ1) is 14.4. The van der Waals surface area contributed by atoms with Crippen LogP contribution in [0.4, 0.5) is 5.95 Å². The van der Waals surface area contributed by atoms with E-state index in [0.717, 1.165) is 35.1 Å². The fourth-order valence-electron chi connectivity index (χ4n) is 5.12. The molecule has 1 aliphatic carbocycles. The Labute approximate surface area is 177 Å². The summed E-state index contributed by atoms with van der Waals surface area (Å²) in [7, 11) is 3.65. The lowest BCUT2D eigenvalue weighted by molar-refractivity contribution is 0.114. The predicted octanol–water partition coefficient (Wildman–Crippen LogP) is 2.25. The van der Waals surface area contributed by atoms with E-state index in [1.807, 2.05) is 31.6 Å². The molecule has 8 nitrogen and oxygen atoms in total. The summed E-state index contributed by atoms with van der Waals surface area (Å²) in [5.74, 6) is 1.66. The number of rotatable bonds is 2. The lowest BCUT2D eigenvalue weighted by atomic mass is 9.67. The number of nitrogens with two attached hydrogens (primary N) is 1. The highest BCUT2D eigenvalue weighted by molar-refractivity contribution is 6.38. The molecule has 9 heteroatoms. The van der Waals surface area contributed by atoms with E-state index in [1.54, 1.807) is 16.3 Å². The third-order valence-electron chi connectivity index (χ3n) is 6.80. The summed E-state index contributed by atoms with van der Waals surface area (Å²) in [6.07, 6.45) is 4.88. The van der Waals surface area contributed by atoms with Crippen molar-refractivity contribution in [1.82, 2.24) is 24.3 Å². The molecule has 0 radical (unpaired) electrons. The largest absolute Gasteiger partial charge is 0.345 e. The van der Waals surface area contributed by atoms with Crippen LogP contribution in [0.2, 0.25) is 5.02 Å². The van der Waals surface area contributed by atoms with Crippen molar-refractivity contribution in [3.8, 4) is 11.1 Å². The predicted molar refractivity (Wildman–Crippen MR) is 118 cm³/mol.